The van der Waals surface area contributed by atoms with Crippen molar-refractivity contribution in [2.24, 2.45) is 5.10 Å². The molecule has 0 aliphatic carbocycles. The zero-order valence-electron chi connectivity index (χ0n) is 9.55. The van der Waals surface area contributed by atoms with Gasteiger partial charge >= 0.3 is 12.1 Å². The number of hydrogen-bond donors (Lipinski definition) is 2. The molecular weight excluding hydrogens is 224 g/mol. The van der Waals surface area contributed by atoms with Gasteiger partial charge in [0.15, 0.2) is 0 Å². The first-order chi connectivity index (χ1) is 8.10. The largest absolute Gasteiger partial charge is 0.455 e. The lowest BCUT2D eigenvalue weighted by Gasteiger charge is -2.18. The lowest BCUT2D eigenvalue weighted by molar-refractivity contribution is -0.779. The normalized spacial score (nSPS) is 30.5. The van der Waals surface area contributed by atoms with Gasteiger partial charge in [-0.2, -0.15) is 0 Å². The molecule has 0 spiro atoms. The maximum atomic E-state index is 11.8. The highest BCUT2D eigenvalue weighted by molar-refractivity contribution is 5.91. The van der Waals surface area contributed by atoms with Gasteiger partial charge in [-0.15, -0.1) is 0 Å². The number of nitrogens with zero attached hydrogens (tertiary/aromatic N) is 2. The van der Waals surface area contributed by atoms with Crippen LogP contribution in [0.2, 0.25) is 0 Å². The van der Waals surface area contributed by atoms with E-state index in [4.69, 9.17) is 4.74 Å². The molecule has 1 fully saturated rings. The Morgan fingerprint density at radius 1 is 1.53 bits per heavy atom. The van der Waals surface area contributed by atoms with E-state index in [9.17, 15) is 9.59 Å². The highest BCUT2D eigenvalue weighted by Crippen LogP contribution is 2.10. The van der Waals surface area contributed by atoms with Crippen LogP contribution in [-0.2, 0) is 4.74 Å². The highest BCUT2D eigenvalue weighted by Gasteiger charge is 2.33. The van der Waals surface area contributed by atoms with Gasteiger partial charge in [-0.25, -0.2) is 14.9 Å². The summed E-state index contributed by atoms with van der Waals surface area (Å²) in [6.45, 7) is 1.13. The van der Waals surface area contributed by atoms with Crippen molar-refractivity contribution in [1.29, 1.82) is 0 Å². The van der Waals surface area contributed by atoms with E-state index < -0.39 is 12.1 Å². The number of imide groups is 1. The molecule has 2 N–H and O–H groups in total. The molecule has 0 aromatic rings. The summed E-state index contributed by atoms with van der Waals surface area (Å²) < 4.78 is 4.82. The van der Waals surface area contributed by atoms with E-state index >= 15 is 0 Å². The van der Waals surface area contributed by atoms with Crippen molar-refractivity contribution in [3.63, 3.8) is 0 Å². The van der Waals surface area contributed by atoms with E-state index in [0.717, 1.165) is 6.42 Å². The Morgan fingerprint density at radius 2 is 2.35 bits per heavy atom. The van der Waals surface area contributed by atoms with Gasteiger partial charge in [0, 0.05) is 12.7 Å². The zero-order valence-corrected chi connectivity index (χ0v) is 9.55. The van der Waals surface area contributed by atoms with Crippen molar-refractivity contribution < 1.29 is 18.9 Å². The molecule has 0 saturated carbocycles. The first-order valence-corrected chi connectivity index (χ1v) is 5.39. The van der Waals surface area contributed by atoms with Crippen LogP contribution in [0.5, 0.6) is 0 Å². The Bertz CT molecular complexity index is 373. The lowest BCUT2D eigenvalue weighted by atomic mass is 10.3. The fraction of sp³-hybridized carbons (Fsp3) is 0.500. The average Bonchev–Trinajstić information content (AvgIpc) is 2.90. The summed E-state index contributed by atoms with van der Waals surface area (Å²) in [5.74, 6) is 0. The number of quaternary nitrogens is 1. The van der Waals surface area contributed by atoms with E-state index in [0.29, 0.717) is 13.2 Å². The summed E-state index contributed by atoms with van der Waals surface area (Å²) in [6, 6.07) is -1.03. The SMILES string of the molecule is C[N@@+]1(C(=O)NC(=O)NC2CCOC2)C=CC=N1. The summed E-state index contributed by atoms with van der Waals surface area (Å²) in [5, 5.41) is 8.86. The number of urea groups is 2. The minimum atomic E-state index is -0.514. The first kappa shape index (κ1) is 11.7. The van der Waals surface area contributed by atoms with Crippen molar-refractivity contribution in [1.82, 2.24) is 10.6 Å². The third-order valence-corrected chi connectivity index (χ3v) is 2.67. The quantitative estimate of drug-likeness (QED) is 0.639. The Kier molecular flexibility index (Phi) is 3.21. The number of hydrogen-bond acceptors (Lipinski definition) is 4. The molecule has 17 heavy (non-hydrogen) atoms. The van der Waals surface area contributed by atoms with Crippen LogP contribution in [0, 0.1) is 0 Å². The van der Waals surface area contributed by atoms with Crippen molar-refractivity contribution in [3.8, 4) is 0 Å². The molecule has 7 nitrogen and oxygen atoms in total. The number of amides is 4. The summed E-state index contributed by atoms with van der Waals surface area (Å²) >= 11 is 0. The van der Waals surface area contributed by atoms with E-state index in [1.807, 2.05) is 0 Å². The zero-order chi connectivity index (χ0) is 12.3. The second kappa shape index (κ2) is 4.64. The standard InChI is InChI=1S/C10H14N4O3/c1-14(5-2-4-11-14)10(16)13-9(15)12-8-3-6-17-7-8/h2,4-5,8H,3,6-7H2,1H3,(H-,12,13,15,16)/p+1/t8?,14-/m0/s1. The van der Waals surface area contributed by atoms with Crippen LogP contribution in [0.1, 0.15) is 6.42 Å². The molecule has 1 unspecified atom stereocenters. The van der Waals surface area contributed by atoms with Crippen molar-refractivity contribution in [2.75, 3.05) is 20.3 Å². The van der Waals surface area contributed by atoms with Gasteiger partial charge in [0.05, 0.1) is 18.9 Å². The fourth-order valence-corrected chi connectivity index (χ4v) is 1.62. The molecule has 0 radical (unpaired) electrons. The average molecular weight is 239 g/mol. The number of allylic oxidation sites excluding steroid dienone is 1. The molecule has 0 aromatic carbocycles. The van der Waals surface area contributed by atoms with Crippen LogP contribution in [0.4, 0.5) is 9.59 Å². The second-order valence-corrected chi connectivity index (χ2v) is 4.10. The van der Waals surface area contributed by atoms with Gasteiger partial charge in [0.1, 0.15) is 13.2 Å². The predicted octanol–water partition coefficient (Wildman–Crippen LogP) is 0.154. The summed E-state index contributed by atoms with van der Waals surface area (Å²) in [6.07, 6.45) is 5.53. The van der Waals surface area contributed by atoms with Gasteiger partial charge in [-0.1, -0.05) is 9.69 Å². The van der Waals surface area contributed by atoms with E-state index in [1.54, 1.807) is 19.3 Å². The van der Waals surface area contributed by atoms with E-state index in [-0.39, 0.29) is 10.6 Å². The monoisotopic (exact) mass is 239 g/mol. The van der Waals surface area contributed by atoms with Crippen LogP contribution in [0.3, 0.4) is 0 Å². The number of ether oxygens (including phenoxy) is 1. The molecule has 0 aromatic heterocycles. The van der Waals surface area contributed by atoms with E-state index in [2.05, 4.69) is 15.7 Å². The molecule has 2 aliphatic rings. The Labute approximate surface area is 98.7 Å². The number of carbonyl (C=O) groups excluding carboxylic acids is 2. The maximum absolute atomic E-state index is 11.8. The smallest absolute Gasteiger partial charge is 0.379 e. The maximum Gasteiger partial charge on any atom is 0.455 e. The van der Waals surface area contributed by atoms with Crippen LogP contribution >= 0.6 is 0 Å². The van der Waals surface area contributed by atoms with Gasteiger partial charge < -0.3 is 10.1 Å². The van der Waals surface area contributed by atoms with Crippen molar-refractivity contribution in [3.05, 3.63) is 12.3 Å². The molecular formula is C10H15N4O3+. The minimum Gasteiger partial charge on any atom is -0.379 e. The van der Waals surface area contributed by atoms with Crippen molar-refractivity contribution in [2.45, 2.75) is 12.5 Å². The molecule has 4 amide bonds. The third-order valence-electron chi connectivity index (χ3n) is 2.67. The van der Waals surface area contributed by atoms with Crippen LogP contribution < -0.4 is 10.6 Å². The van der Waals surface area contributed by atoms with Crippen LogP contribution in [0.25, 0.3) is 0 Å². The molecule has 2 rings (SSSR count). The molecule has 2 aliphatic heterocycles. The van der Waals surface area contributed by atoms with Crippen LogP contribution in [0.15, 0.2) is 17.4 Å². The minimum absolute atomic E-state index is 0.0225. The molecule has 2 atom stereocenters. The fourth-order valence-electron chi connectivity index (χ4n) is 1.62. The topological polar surface area (TPSA) is 79.8 Å². The molecule has 0 bridgehead atoms. The second-order valence-electron chi connectivity index (χ2n) is 4.10. The van der Waals surface area contributed by atoms with Crippen molar-refractivity contribution >= 4 is 18.3 Å². The first-order valence-electron chi connectivity index (χ1n) is 5.39. The Balaban J connectivity index is 1.84. The molecule has 2 heterocycles. The summed E-state index contributed by atoms with van der Waals surface area (Å²) in [5.41, 5.74) is 0. The van der Waals surface area contributed by atoms with Gasteiger partial charge in [0.25, 0.3) is 0 Å². The van der Waals surface area contributed by atoms with Crippen LogP contribution in [-0.4, -0.2) is 49.2 Å². The predicted molar refractivity (Wildman–Crippen MR) is 60.1 cm³/mol. The van der Waals surface area contributed by atoms with E-state index in [1.165, 1.54) is 6.21 Å². The lowest BCUT2D eigenvalue weighted by Crippen LogP contribution is -2.52. The van der Waals surface area contributed by atoms with Gasteiger partial charge in [-0.3, -0.25) is 0 Å². The molecule has 92 valence electrons. The summed E-state index contributed by atoms with van der Waals surface area (Å²) in [7, 11) is 1.58. The molecule has 7 heteroatoms. The number of rotatable bonds is 1. The highest BCUT2D eigenvalue weighted by atomic mass is 16.5. The number of nitrogens with one attached hydrogen (secondary N) is 2. The Morgan fingerprint density at radius 3 is 2.94 bits per heavy atom. The van der Waals surface area contributed by atoms with Gasteiger partial charge in [-0.05, 0) is 6.42 Å². The number of carbonyl (C=O) groups is 2. The summed E-state index contributed by atoms with van der Waals surface area (Å²) in [4.78, 5) is 23.3. The third kappa shape index (κ3) is 2.69. The van der Waals surface area contributed by atoms with Gasteiger partial charge in [0.2, 0.25) is 0 Å². The molecule has 1 saturated heterocycles. The Hall–Kier alpha value is -1.73.